The summed E-state index contributed by atoms with van der Waals surface area (Å²) in [5.41, 5.74) is -0.492. The fourth-order valence-electron chi connectivity index (χ4n) is 2.46. The van der Waals surface area contributed by atoms with E-state index in [-0.39, 0.29) is 12.1 Å². The zero-order valence-corrected chi connectivity index (χ0v) is 13.4. The summed E-state index contributed by atoms with van der Waals surface area (Å²) in [6.45, 7) is 9.36. The molecule has 0 unspecified atom stereocenters. The van der Waals surface area contributed by atoms with E-state index in [1.165, 1.54) is 0 Å². The van der Waals surface area contributed by atoms with E-state index in [4.69, 9.17) is 18.9 Å². The monoisotopic (exact) mass is 302 g/mol. The minimum Gasteiger partial charge on any atom is -0.465 e. The van der Waals surface area contributed by atoms with Gasteiger partial charge in [-0.25, -0.2) is 0 Å². The molecule has 2 heterocycles. The van der Waals surface area contributed by atoms with Crippen LogP contribution >= 0.6 is 0 Å². The Morgan fingerprint density at radius 1 is 1.29 bits per heavy atom. The van der Waals surface area contributed by atoms with E-state index in [9.17, 15) is 9.90 Å². The second-order valence-corrected chi connectivity index (χ2v) is 7.16. The highest BCUT2D eigenvalue weighted by Crippen LogP contribution is 2.38. The van der Waals surface area contributed by atoms with Gasteiger partial charge >= 0.3 is 5.97 Å². The van der Waals surface area contributed by atoms with Gasteiger partial charge in [0.1, 0.15) is 12.2 Å². The number of fused-ring (bicyclic) bond motifs is 1. The molecule has 2 aliphatic rings. The lowest BCUT2D eigenvalue weighted by Gasteiger charge is -2.23. The van der Waals surface area contributed by atoms with Crippen molar-refractivity contribution in [1.29, 1.82) is 0 Å². The Bertz CT molecular complexity index is 386. The van der Waals surface area contributed by atoms with Crippen molar-refractivity contribution >= 4 is 5.97 Å². The van der Waals surface area contributed by atoms with Crippen molar-refractivity contribution in [3.05, 3.63) is 0 Å². The topological polar surface area (TPSA) is 74.2 Å². The lowest BCUT2D eigenvalue weighted by molar-refractivity contribution is -0.215. The third-order valence-corrected chi connectivity index (χ3v) is 3.59. The Hall–Kier alpha value is -0.690. The van der Waals surface area contributed by atoms with E-state index in [1.54, 1.807) is 13.8 Å². The van der Waals surface area contributed by atoms with E-state index in [0.29, 0.717) is 19.4 Å². The van der Waals surface area contributed by atoms with Crippen LogP contribution < -0.4 is 0 Å². The Morgan fingerprint density at radius 3 is 2.52 bits per heavy atom. The molecule has 6 heteroatoms. The average molecular weight is 302 g/mol. The second-order valence-electron chi connectivity index (χ2n) is 7.16. The van der Waals surface area contributed by atoms with Gasteiger partial charge in [-0.05, 0) is 47.5 Å². The van der Waals surface area contributed by atoms with Gasteiger partial charge < -0.3 is 24.1 Å². The molecule has 4 atom stereocenters. The maximum absolute atomic E-state index is 11.6. The summed E-state index contributed by atoms with van der Waals surface area (Å²) in [4.78, 5) is 11.6. The van der Waals surface area contributed by atoms with Gasteiger partial charge in [-0.1, -0.05) is 0 Å². The summed E-state index contributed by atoms with van der Waals surface area (Å²) in [5.74, 6) is -0.940. The summed E-state index contributed by atoms with van der Waals surface area (Å²) >= 11 is 0. The highest BCUT2D eigenvalue weighted by atomic mass is 16.8. The number of ether oxygens (including phenoxy) is 4. The van der Waals surface area contributed by atoms with Gasteiger partial charge in [0.15, 0.2) is 12.1 Å². The third-order valence-electron chi connectivity index (χ3n) is 3.59. The molecule has 122 valence electrons. The van der Waals surface area contributed by atoms with Crippen LogP contribution in [0.25, 0.3) is 0 Å². The van der Waals surface area contributed by atoms with Crippen molar-refractivity contribution < 1.29 is 28.8 Å². The second kappa shape index (κ2) is 5.83. The van der Waals surface area contributed by atoms with Crippen LogP contribution in [0.1, 0.15) is 47.5 Å². The van der Waals surface area contributed by atoms with Crippen molar-refractivity contribution in [3.8, 4) is 0 Å². The van der Waals surface area contributed by atoms with Crippen molar-refractivity contribution in [2.75, 3.05) is 6.61 Å². The highest BCUT2D eigenvalue weighted by molar-refractivity contribution is 5.75. The molecule has 0 spiro atoms. The molecule has 0 bridgehead atoms. The van der Waals surface area contributed by atoms with Crippen LogP contribution in [0.3, 0.4) is 0 Å². The van der Waals surface area contributed by atoms with E-state index in [1.807, 2.05) is 20.8 Å². The first-order chi connectivity index (χ1) is 9.60. The van der Waals surface area contributed by atoms with Crippen LogP contribution in [0.5, 0.6) is 0 Å². The molecule has 0 aromatic rings. The van der Waals surface area contributed by atoms with Crippen LogP contribution in [0, 0.1) is 5.41 Å². The molecule has 0 saturated carbocycles. The molecule has 0 aromatic carbocycles. The lowest BCUT2D eigenvalue weighted by Crippen LogP contribution is -2.34. The summed E-state index contributed by atoms with van der Waals surface area (Å²) in [6.07, 6.45) is -0.788. The largest absolute Gasteiger partial charge is 0.465 e. The molecule has 2 saturated heterocycles. The minimum atomic E-state index is -0.719. The molecule has 0 radical (unpaired) electrons. The molecule has 0 aliphatic carbocycles. The van der Waals surface area contributed by atoms with E-state index in [2.05, 4.69) is 0 Å². The quantitative estimate of drug-likeness (QED) is 0.628. The maximum Gasteiger partial charge on any atom is 0.311 e. The maximum atomic E-state index is 11.6. The molecule has 6 nitrogen and oxygen atoms in total. The van der Waals surface area contributed by atoms with Crippen LogP contribution in [0.4, 0.5) is 0 Å². The van der Waals surface area contributed by atoms with Gasteiger partial charge in [-0.2, -0.15) is 0 Å². The fourth-order valence-corrected chi connectivity index (χ4v) is 2.46. The lowest BCUT2D eigenvalue weighted by atomic mass is 9.97. The molecule has 0 amide bonds. The number of aliphatic hydroxyl groups excluding tert-OH is 1. The van der Waals surface area contributed by atoms with Crippen molar-refractivity contribution in [2.24, 2.45) is 5.41 Å². The standard InChI is InChI=1S/C15H26O6/c1-14(2,3)13(17)18-8-6-7-9-10(16)11-12(19-9)21-15(4,5)20-11/h9-12,16H,6-8H2,1-5H3/t9-,10+,11-,12-/m0/s1. The number of aliphatic hydroxyl groups is 1. The number of carbonyl (C=O) groups is 1. The van der Waals surface area contributed by atoms with Crippen LogP contribution in [-0.4, -0.2) is 48.1 Å². The Balaban J connectivity index is 1.71. The van der Waals surface area contributed by atoms with Gasteiger partial charge in [0.2, 0.25) is 0 Å². The van der Waals surface area contributed by atoms with Gasteiger partial charge in [-0.3, -0.25) is 4.79 Å². The predicted octanol–water partition coefficient (Wildman–Crippen LogP) is 1.59. The number of hydrogen-bond acceptors (Lipinski definition) is 6. The van der Waals surface area contributed by atoms with Crippen LogP contribution in [-0.2, 0) is 23.7 Å². The van der Waals surface area contributed by atoms with Gasteiger partial charge in [-0.15, -0.1) is 0 Å². The van der Waals surface area contributed by atoms with Crippen molar-refractivity contribution in [3.63, 3.8) is 0 Å². The first kappa shape index (κ1) is 16.7. The zero-order valence-electron chi connectivity index (χ0n) is 13.4. The summed E-state index contributed by atoms with van der Waals surface area (Å²) in [7, 11) is 0. The van der Waals surface area contributed by atoms with E-state index < -0.39 is 29.7 Å². The molecule has 2 rings (SSSR count). The Kier molecular flexibility index (Phi) is 4.63. The summed E-state index contributed by atoms with van der Waals surface area (Å²) < 4.78 is 22.1. The highest BCUT2D eigenvalue weighted by Gasteiger charge is 2.53. The van der Waals surface area contributed by atoms with Crippen LogP contribution in [0.2, 0.25) is 0 Å². The normalized spacial score (nSPS) is 34.8. The smallest absolute Gasteiger partial charge is 0.311 e. The molecule has 2 fully saturated rings. The molecule has 2 aliphatic heterocycles. The molecule has 21 heavy (non-hydrogen) atoms. The number of carbonyl (C=O) groups excluding carboxylic acids is 1. The van der Waals surface area contributed by atoms with Gasteiger partial charge in [0, 0.05) is 0 Å². The molecular weight excluding hydrogens is 276 g/mol. The predicted molar refractivity (Wildman–Crippen MR) is 74.4 cm³/mol. The zero-order chi connectivity index (χ0) is 15.8. The van der Waals surface area contributed by atoms with E-state index in [0.717, 1.165) is 0 Å². The number of rotatable bonds is 4. The Morgan fingerprint density at radius 2 is 1.95 bits per heavy atom. The molecular formula is C15H26O6. The minimum absolute atomic E-state index is 0.222. The van der Waals surface area contributed by atoms with Crippen molar-refractivity contribution in [2.45, 2.75) is 77.8 Å². The fraction of sp³-hybridized carbons (Fsp3) is 0.933. The van der Waals surface area contributed by atoms with Crippen molar-refractivity contribution in [1.82, 2.24) is 0 Å². The first-order valence-corrected chi connectivity index (χ1v) is 7.46. The van der Waals surface area contributed by atoms with Crippen LogP contribution in [0.15, 0.2) is 0 Å². The molecule has 1 N–H and O–H groups in total. The van der Waals surface area contributed by atoms with E-state index >= 15 is 0 Å². The van der Waals surface area contributed by atoms with Gasteiger partial charge in [0.05, 0.1) is 18.1 Å². The summed E-state index contributed by atoms with van der Waals surface area (Å²) in [5, 5.41) is 10.2. The third kappa shape index (κ3) is 3.94. The number of esters is 1. The first-order valence-electron chi connectivity index (χ1n) is 7.46. The summed E-state index contributed by atoms with van der Waals surface area (Å²) in [6, 6.07) is 0. The molecule has 0 aromatic heterocycles. The number of hydrogen-bond donors (Lipinski definition) is 1. The Labute approximate surface area is 125 Å². The average Bonchev–Trinajstić information content (AvgIpc) is 2.78. The van der Waals surface area contributed by atoms with Gasteiger partial charge in [0.25, 0.3) is 0 Å². The SMILES string of the molecule is CC1(C)O[C@@H]2O[C@@H](CCCOC(=O)C(C)(C)C)[C@@H](O)[C@@H]2O1.